The zero-order chi connectivity index (χ0) is 56.3. The van der Waals surface area contributed by atoms with Gasteiger partial charge in [-0.1, -0.05) is 158 Å². The number of rotatable bonds is 8. The highest BCUT2D eigenvalue weighted by atomic mass is 16.3. The van der Waals surface area contributed by atoms with Crippen LogP contribution in [-0.4, -0.2) is 32.2 Å². The molecule has 0 aliphatic heterocycles. The first-order valence-corrected chi connectivity index (χ1v) is 25.9. The molecule has 0 aliphatic rings. The number of carbonyl (C=O) groups excluding carboxylic acids is 2. The Morgan fingerprint density at radius 2 is 0.654 bits per heavy atom. The SMILES string of the molecule is CC(C)(c1ccc(O)cc1-c1ccc(O)c(C#Cc2ccccc2)c1NC(=O)c1cccc(C#Cc2ccccc2)c1)c1ccc(O)cc1-c1ccc(O)c(C#Cc2ccccc2)c1NC(=O)c1cccc(C#Cc2ccccc2)c1. The highest BCUT2D eigenvalue weighted by Gasteiger charge is 2.32. The van der Waals surface area contributed by atoms with E-state index in [-0.39, 0.29) is 45.5 Å². The van der Waals surface area contributed by atoms with E-state index in [0.717, 1.165) is 11.1 Å². The van der Waals surface area contributed by atoms with Gasteiger partial charge in [0, 0.05) is 61.0 Å². The van der Waals surface area contributed by atoms with Crippen molar-refractivity contribution < 1.29 is 30.0 Å². The first-order valence-electron chi connectivity index (χ1n) is 25.9. The molecule has 6 N–H and O–H groups in total. The number of amides is 2. The number of benzene rings is 10. The van der Waals surface area contributed by atoms with Gasteiger partial charge in [0.1, 0.15) is 23.0 Å². The summed E-state index contributed by atoms with van der Waals surface area (Å²) in [6, 6.07) is 67.7. The van der Waals surface area contributed by atoms with Crippen molar-refractivity contribution in [1.82, 2.24) is 0 Å². The molecule has 10 aromatic rings. The lowest BCUT2D eigenvalue weighted by Crippen LogP contribution is -2.22. The van der Waals surface area contributed by atoms with Crippen LogP contribution in [0.3, 0.4) is 0 Å². The van der Waals surface area contributed by atoms with E-state index in [1.54, 1.807) is 84.9 Å². The van der Waals surface area contributed by atoms with Crippen LogP contribution in [0.2, 0.25) is 0 Å². The van der Waals surface area contributed by atoms with Crippen LogP contribution in [0, 0.1) is 47.4 Å². The molecule has 0 saturated carbocycles. The maximum absolute atomic E-state index is 14.6. The Morgan fingerprint density at radius 1 is 0.333 bits per heavy atom. The van der Waals surface area contributed by atoms with Gasteiger partial charge >= 0.3 is 0 Å². The minimum atomic E-state index is -1.05. The third-order valence-corrected chi connectivity index (χ3v) is 13.5. The topological polar surface area (TPSA) is 139 Å². The van der Waals surface area contributed by atoms with E-state index in [1.807, 2.05) is 147 Å². The summed E-state index contributed by atoms with van der Waals surface area (Å²) in [4.78, 5) is 29.2. The summed E-state index contributed by atoms with van der Waals surface area (Å²) in [7, 11) is 0. The number of anilines is 2. The zero-order valence-electron chi connectivity index (χ0n) is 44.0. The van der Waals surface area contributed by atoms with Gasteiger partial charge in [-0.15, -0.1) is 0 Å². The number of aromatic hydroxyl groups is 4. The zero-order valence-corrected chi connectivity index (χ0v) is 44.0. The third-order valence-electron chi connectivity index (χ3n) is 13.5. The fraction of sp³-hybridized carbons (Fsp3) is 0.0411. The van der Waals surface area contributed by atoms with Crippen molar-refractivity contribution in [2.75, 3.05) is 10.6 Å². The second-order valence-corrected chi connectivity index (χ2v) is 19.4. The lowest BCUT2D eigenvalue weighted by Gasteiger charge is -2.32. The quantitative estimate of drug-likeness (QED) is 0.0838. The Labute approximate surface area is 470 Å². The Kier molecular flexibility index (Phi) is 15.6. The molecule has 81 heavy (non-hydrogen) atoms. The van der Waals surface area contributed by atoms with Crippen LogP contribution < -0.4 is 10.6 Å². The number of hydrogen-bond donors (Lipinski definition) is 6. The summed E-state index contributed by atoms with van der Waals surface area (Å²) < 4.78 is 0. The van der Waals surface area contributed by atoms with Crippen LogP contribution in [0.1, 0.15) is 90.2 Å². The predicted octanol–water partition coefficient (Wildman–Crippen LogP) is 14.3. The van der Waals surface area contributed by atoms with Gasteiger partial charge in [0.15, 0.2) is 0 Å². The second kappa shape index (κ2) is 23.9. The number of carbonyl (C=O) groups is 2. The smallest absolute Gasteiger partial charge is 0.255 e. The minimum Gasteiger partial charge on any atom is -0.508 e. The van der Waals surface area contributed by atoms with Crippen LogP contribution >= 0.6 is 0 Å². The van der Waals surface area contributed by atoms with Gasteiger partial charge in [0.05, 0.1) is 22.5 Å². The number of phenols is 4. The largest absolute Gasteiger partial charge is 0.508 e. The fourth-order valence-electron chi connectivity index (χ4n) is 9.38. The molecule has 2 amide bonds. The molecule has 10 rings (SSSR count). The summed E-state index contributed by atoms with van der Waals surface area (Å²) >= 11 is 0. The van der Waals surface area contributed by atoms with E-state index in [1.165, 1.54) is 12.1 Å². The molecular formula is C73H50N2O6. The van der Waals surface area contributed by atoms with E-state index in [9.17, 15) is 30.0 Å². The van der Waals surface area contributed by atoms with Gasteiger partial charge < -0.3 is 31.1 Å². The summed E-state index contributed by atoms with van der Waals surface area (Å²) in [6.07, 6.45) is 0. The molecule has 0 unspecified atom stereocenters. The average molecular weight is 1050 g/mol. The predicted molar refractivity (Wildman–Crippen MR) is 321 cm³/mol. The maximum atomic E-state index is 14.6. The Balaban J connectivity index is 1.11. The monoisotopic (exact) mass is 1050 g/mol. The highest BCUT2D eigenvalue weighted by Crippen LogP contribution is 2.48. The van der Waals surface area contributed by atoms with Crippen LogP contribution in [0.5, 0.6) is 23.0 Å². The van der Waals surface area contributed by atoms with Gasteiger partial charge in [0.25, 0.3) is 11.8 Å². The van der Waals surface area contributed by atoms with Crippen LogP contribution in [-0.2, 0) is 5.41 Å². The van der Waals surface area contributed by atoms with Crippen LogP contribution in [0.15, 0.2) is 231 Å². The molecule has 0 bridgehead atoms. The van der Waals surface area contributed by atoms with Crippen molar-refractivity contribution in [2.45, 2.75) is 19.3 Å². The van der Waals surface area contributed by atoms with Crippen molar-refractivity contribution in [1.29, 1.82) is 0 Å². The first-order chi connectivity index (χ1) is 39.4. The van der Waals surface area contributed by atoms with Gasteiger partial charge in [-0.3, -0.25) is 9.59 Å². The second-order valence-electron chi connectivity index (χ2n) is 19.4. The Morgan fingerprint density at radius 3 is 1.01 bits per heavy atom. The Bertz CT molecular complexity index is 4020. The van der Waals surface area contributed by atoms with Gasteiger partial charge in [-0.2, -0.15) is 0 Å². The van der Waals surface area contributed by atoms with E-state index in [2.05, 4.69) is 58.0 Å². The highest BCUT2D eigenvalue weighted by molar-refractivity contribution is 6.09. The standard InChI is InChI=1S/C73H50N2O6/c1-73(2,65-41-35-57(76)47-63(65)59-39-43-67(78)61(37-33-51-21-11-5-12-22-51)69(59)74-71(80)55-27-15-25-53(45-55)31-29-49-17-7-3-8-18-49)66-42-36-58(77)48-64(66)60-40-44-68(79)62(38-34-52-23-13-6-14-24-52)70(60)75-72(81)56-28-16-26-54(46-56)32-30-50-19-9-4-10-20-50/h3-28,35-36,39-48,76-79H,1-2H3,(H,74,80)(H,75,81). The normalized spacial score (nSPS) is 10.5. The number of hydrogen-bond acceptors (Lipinski definition) is 6. The van der Waals surface area contributed by atoms with Crippen molar-refractivity contribution in [3.8, 4) is 92.6 Å². The molecule has 0 heterocycles. The molecule has 0 aromatic heterocycles. The molecule has 0 aliphatic carbocycles. The summed E-state index contributed by atoms with van der Waals surface area (Å²) in [5.41, 5.74) is 7.45. The van der Waals surface area contributed by atoms with Gasteiger partial charge in [-0.25, -0.2) is 0 Å². The summed E-state index contributed by atoms with van der Waals surface area (Å²) in [5.74, 6) is 23.6. The van der Waals surface area contributed by atoms with Crippen molar-refractivity contribution in [2.24, 2.45) is 0 Å². The number of nitrogens with one attached hydrogen (secondary N) is 2. The molecule has 0 fully saturated rings. The molecule has 388 valence electrons. The van der Waals surface area contributed by atoms with Crippen molar-refractivity contribution in [3.05, 3.63) is 297 Å². The molecular weight excluding hydrogens is 1000 g/mol. The lowest BCUT2D eigenvalue weighted by molar-refractivity contribution is 0.101. The molecule has 0 radical (unpaired) electrons. The van der Waals surface area contributed by atoms with Crippen LogP contribution in [0.4, 0.5) is 11.4 Å². The molecule has 8 nitrogen and oxygen atoms in total. The maximum Gasteiger partial charge on any atom is 0.255 e. The fourth-order valence-corrected chi connectivity index (χ4v) is 9.38. The van der Waals surface area contributed by atoms with Gasteiger partial charge in [-0.05, 0) is 156 Å². The Hall–Kier alpha value is -11.4. The van der Waals surface area contributed by atoms with E-state index < -0.39 is 17.2 Å². The van der Waals surface area contributed by atoms with E-state index in [0.29, 0.717) is 66.8 Å². The van der Waals surface area contributed by atoms with Crippen molar-refractivity contribution >= 4 is 23.2 Å². The van der Waals surface area contributed by atoms with Crippen molar-refractivity contribution in [3.63, 3.8) is 0 Å². The molecule has 0 spiro atoms. The molecule has 0 saturated heterocycles. The van der Waals surface area contributed by atoms with Crippen LogP contribution in [0.25, 0.3) is 22.3 Å². The molecule has 8 heteroatoms. The summed E-state index contributed by atoms with van der Waals surface area (Å²) in [6.45, 7) is 3.96. The molecule has 10 aromatic carbocycles. The van der Waals surface area contributed by atoms with Gasteiger partial charge in [0.2, 0.25) is 0 Å². The van der Waals surface area contributed by atoms with E-state index >= 15 is 0 Å². The lowest BCUT2D eigenvalue weighted by atomic mass is 9.72. The third kappa shape index (κ3) is 12.4. The first kappa shape index (κ1) is 53.0. The number of phenolic OH excluding ortho intramolecular Hbond substituents is 4. The minimum absolute atomic E-state index is 0.0808. The summed E-state index contributed by atoms with van der Waals surface area (Å²) in [5, 5.41) is 52.4. The average Bonchev–Trinajstić information content (AvgIpc) is 3.68. The molecule has 0 atom stereocenters. The van der Waals surface area contributed by atoms with E-state index in [4.69, 9.17) is 0 Å².